The molecule has 1 unspecified atom stereocenters. The van der Waals surface area contributed by atoms with Crippen LogP contribution in [0.5, 0.6) is 5.75 Å². The summed E-state index contributed by atoms with van der Waals surface area (Å²) in [5.74, 6) is -1.44. The number of amides is 2. The number of nitrogens with zero attached hydrogens (tertiary/aromatic N) is 1. The maximum absolute atomic E-state index is 13.8. The largest absolute Gasteiger partial charge is 0.482 e. The molecule has 33 heavy (non-hydrogen) atoms. The number of nitrogens with two attached hydrogens (primary N) is 1. The summed E-state index contributed by atoms with van der Waals surface area (Å²) in [6.07, 6.45) is 1.58. The molecule has 0 aliphatic carbocycles. The molecule has 0 radical (unpaired) electrons. The number of carboxylic acids is 1. The lowest BCUT2D eigenvalue weighted by molar-refractivity contribution is -0.139. The highest BCUT2D eigenvalue weighted by atomic mass is 19.1. The number of ether oxygens (including phenoxy) is 1. The Morgan fingerprint density at radius 2 is 1.91 bits per heavy atom. The summed E-state index contributed by atoms with van der Waals surface area (Å²) >= 11 is 0. The highest BCUT2D eigenvalue weighted by Crippen LogP contribution is 2.20. The summed E-state index contributed by atoms with van der Waals surface area (Å²) in [4.78, 5) is 37.6. The van der Waals surface area contributed by atoms with Gasteiger partial charge in [0.15, 0.2) is 6.61 Å². The molecule has 4 N–H and O–H groups in total. The van der Waals surface area contributed by atoms with Gasteiger partial charge in [0.2, 0.25) is 11.8 Å². The highest BCUT2D eigenvalue weighted by Gasteiger charge is 2.34. The van der Waals surface area contributed by atoms with Crippen LogP contribution in [0, 0.1) is 5.82 Å². The van der Waals surface area contributed by atoms with Crippen LogP contribution in [-0.4, -0.2) is 53.0 Å². The van der Waals surface area contributed by atoms with E-state index in [9.17, 15) is 18.8 Å². The number of rotatable bonds is 10. The number of hydrogen-bond acceptors (Lipinski definition) is 5. The summed E-state index contributed by atoms with van der Waals surface area (Å²) in [5.41, 5.74) is 7.37. The average Bonchev–Trinajstić information content (AvgIpc) is 3.28. The van der Waals surface area contributed by atoms with E-state index in [-0.39, 0.29) is 37.0 Å². The van der Waals surface area contributed by atoms with E-state index in [1.807, 2.05) is 0 Å². The number of carboxylic acid groups (broad SMARTS) is 1. The van der Waals surface area contributed by atoms with Crippen LogP contribution in [0.4, 0.5) is 4.39 Å². The van der Waals surface area contributed by atoms with Gasteiger partial charge in [-0.25, -0.2) is 9.18 Å². The van der Waals surface area contributed by atoms with Gasteiger partial charge in [0, 0.05) is 25.6 Å². The third kappa shape index (κ3) is 7.01. The highest BCUT2D eigenvalue weighted by molar-refractivity contribution is 5.88. The van der Waals surface area contributed by atoms with Crippen LogP contribution in [0.1, 0.15) is 30.4 Å². The number of halogens is 1. The maximum atomic E-state index is 13.8. The molecule has 3 rings (SSSR count). The van der Waals surface area contributed by atoms with Crippen LogP contribution in [0.25, 0.3) is 0 Å². The molecule has 0 bridgehead atoms. The van der Waals surface area contributed by atoms with Gasteiger partial charge in [-0.15, -0.1) is 0 Å². The summed E-state index contributed by atoms with van der Waals surface area (Å²) in [6, 6.07) is 12.0. The lowest BCUT2D eigenvalue weighted by Crippen LogP contribution is -2.47. The standard InChI is InChI=1S/C24H28FN3O5/c25-20-5-2-1-4-17(20)12-18(26)13-22(29)28-11-3-6-21(28)24(32)27-14-16-7-9-19(10-8-16)33-15-23(30)31/h1-2,4-5,7-10,18,21H,3,6,11-15,26H2,(H,27,32)(H,30,31)/t18?,21-/m0/s1. The van der Waals surface area contributed by atoms with Gasteiger partial charge in [0.25, 0.3) is 0 Å². The summed E-state index contributed by atoms with van der Waals surface area (Å²) in [6.45, 7) is 0.327. The molecule has 1 aliphatic heterocycles. The number of hydrogen-bond donors (Lipinski definition) is 3. The molecule has 1 aliphatic rings. The lowest BCUT2D eigenvalue weighted by atomic mass is 10.0. The molecule has 8 nitrogen and oxygen atoms in total. The number of benzene rings is 2. The summed E-state index contributed by atoms with van der Waals surface area (Å²) in [5, 5.41) is 11.5. The van der Waals surface area contributed by atoms with Crippen molar-refractivity contribution >= 4 is 17.8 Å². The minimum absolute atomic E-state index is 0.0376. The Hall–Kier alpha value is -3.46. The first-order chi connectivity index (χ1) is 15.8. The van der Waals surface area contributed by atoms with E-state index in [4.69, 9.17) is 15.6 Å². The van der Waals surface area contributed by atoms with Crippen LogP contribution >= 0.6 is 0 Å². The fraction of sp³-hybridized carbons (Fsp3) is 0.375. The fourth-order valence-electron chi connectivity index (χ4n) is 3.85. The van der Waals surface area contributed by atoms with Crippen LogP contribution in [0.2, 0.25) is 0 Å². The number of aliphatic carboxylic acids is 1. The number of nitrogens with one attached hydrogen (secondary N) is 1. The lowest BCUT2D eigenvalue weighted by Gasteiger charge is -2.25. The van der Waals surface area contributed by atoms with Crippen molar-refractivity contribution in [1.29, 1.82) is 0 Å². The second-order valence-corrected chi connectivity index (χ2v) is 8.05. The van der Waals surface area contributed by atoms with E-state index in [1.54, 1.807) is 47.4 Å². The van der Waals surface area contributed by atoms with E-state index in [1.165, 1.54) is 6.07 Å². The topological polar surface area (TPSA) is 122 Å². The van der Waals surface area contributed by atoms with Crippen LogP contribution < -0.4 is 15.8 Å². The number of carbonyl (C=O) groups excluding carboxylic acids is 2. The Labute approximate surface area is 191 Å². The average molecular weight is 458 g/mol. The number of likely N-dealkylation sites (tertiary alicyclic amines) is 1. The van der Waals surface area contributed by atoms with Crippen LogP contribution in [0.3, 0.4) is 0 Å². The molecular weight excluding hydrogens is 429 g/mol. The molecule has 176 valence electrons. The normalized spacial score (nSPS) is 16.3. The van der Waals surface area contributed by atoms with E-state index in [0.717, 1.165) is 12.0 Å². The Morgan fingerprint density at radius 3 is 2.61 bits per heavy atom. The van der Waals surface area contributed by atoms with Gasteiger partial charge in [-0.1, -0.05) is 30.3 Å². The fourth-order valence-corrected chi connectivity index (χ4v) is 3.85. The van der Waals surface area contributed by atoms with Gasteiger partial charge in [0.1, 0.15) is 17.6 Å². The summed E-state index contributed by atoms with van der Waals surface area (Å²) in [7, 11) is 0. The van der Waals surface area contributed by atoms with Crippen molar-refractivity contribution in [2.24, 2.45) is 5.73 Å². The molecule has 0 aromatic heterocycles. The van der Waals surface area contributed by atoms with Gasteiger partial charge in [-0.2, -0.15) is 0 Å². The predicted molar refractivity (Wildman–Crippen MR) is 119 cm³/mol. The Morgan fingerprint density at radius 1 is 1.18 bits per heavy atom. The van der Waals surface area contributed by atoms with Crippen molar-refractivity contribution in [2.75, 3.05) is 13.2 Å². The molecule has 0 spiro atoms. The Bertz CT molecular complexity index is 982. The zero-order valence-corrected chi connectivity index (χ0v) is 18.2. The second-order valence-electron chi connectivity index (χ2n) is 8.05. The zero-order valence-electron chi connectivity index (χ0n) is 18.2. The molecule has 2 atom stereocenters. The van der Waals surface area contributed by atoms with Crippen molar-refractivity contribution in [3.63, 3.8) is 0 Å². The van der Waals surface area contributed by atoms with Gasteiger partial charge in [0.05, 0.1) is 0 Å². The summed E-state index contributed by atoms with van der Waals surface area (Å²) < 4.78 is 18.9. The van der Waals surface area contributed by atoms with Crippen LogP contribution in [-0.2, 0) is 27.3 Å². The molecule has 2 amide bonds. The molecule has 9 heteroatoms. The van der Waals surface area contributed by atoms with Crippen molar-refractivity contribution in [2.45, 2.75) is 44.3 Å². The molecule has 2 aromatic rings. The predicted octanol–water partition coefficient (Wildman–Crippen LogP) is 1.86. The minimum Gasteiger partial charge on any atom is -0.482 e. The first-order valence-corrected chi connectivity index (χ1v) is 10.8. The van der Waals surface area contributed by atoms with Crippen LogP contribution in [0.15, 0.2) is 48.5 Å². The molecule has 0 saturated carbocycles. The van der Waals surface area contributed by atoms with E-state index in [2.05, 4.69) is 5.32 Å². The van der Waals surface area contributed by atoms with Crippen molar-refractivity contribution < 1.29 is 28.6 Å². The van der Waals surface area contributed by atoms with Gasteiger partial charge in [-0.3, -0.25) is 9.59 Å². The maximum Gasteiger partial charge on any atom is 0.341 e. The quantitative estimate of drug-likeness (QED) is 0.501. The molecule has 2 aromatic carbocycles. The third-order valence-electron chi connectivity index (χ3n) is 5.50. The van der Waals surface area contributed by atoms with Crippen molar-refractivity contribution in [3.05, 3.63) is 65.5 Å². The molecule has 1 fully saturated rings. The Balaban J connectivity index is 1.49. The molecule has 1 saturated heterocycles. The van der Waals surface area contributed by atoms with Crippen molar-refractivity contribution in [1.82, 2.24) is 10.2 Å². The zero-order chi connectivity index (χ0) is 23.8. The second kappa shape index (κ2) is 11.4. The first kappa shape index (κ1) is 24.2. The molecule has 1 heterocycles. The van der Waals surface area contributed by atoms with Gasteiger partial charge in [-0.05, 0) is 48.6 Å². The number of carbonyl (C=O) groups is 3. The van der Waals surface area contributed by atoms with E-state index in [0.29, 0.717) is 24.3 Å². The molecular formula is C24H28FN3O5. The van der Waals surface area contributed by atoms with Gasteiger partial charge >= 0.3 is 5.97 Å². The SMILES string of the molecule is NC(CC(=O)N1CCC[C@H]1C(=O)NCc1ccc(OCC(=O)O)cc1)Cc1ccccc1F. The third-order valence-corrected chi connectivity index (χ3v) is 5.50. The van der Waals surface area contributed by atoms with Gasteiger partial charge < -0.3 is 25.8 Å². The minimum atomic E-state index is -1.06. The smallest absolute Gasteiger partial charge is 0.341 e. The first-order valence-electron chi connectivity index (χ1n) is 10.8. The van der Waals surface area contributed by atoms with E-state index < -0.39 is 24.7 Å². The van der Waals surface area contributed by atoms with Crippen molar-refractivity contribution in [3.8, 4) is 5.75 Å². The van der Waals surface area contributed by atoms with E-state index >= 15 is 0 Å². The monoisotopic (exact) mass is 457 g/mol. The Kier molecular flexibility index (Phi) is 8.37.